The van der Waals surface area contributed by atoms with Crippen LogP contribution < -0.4 is 0 Å². The standard InChI is InChI=1S/C14H28OSi2/c1-13(2,3)17(7,8)15-14(9-10-14)11-12-16(4,5)6/h9-10H2,1-8H3. The lowest BCUT2D eigenvalue weighted by Crippen LogP contribution is -2.44. The highest BCUT2D eigenvalue weighted by atomic mass is 28.4. The fraction of sp³-hybridized carbons (Fsp3) is 0.857. The van der Waals surface area contributed by atoms with E-state index in [9.17, 15) is 0 Å². The molecule has 1 aliphatic carbocycles. The molecule has 0 heterocycles. The molecule has 17 heavy (non-hydrogen) atoms. The first-order chi connectivity index (χ1) is 7.37. The Balaban J connectivity index is 2.78. The summed E-state index contributed by atoms with van der Waals surface area (Å²) in [6.45, 7) is 18.4. The Kier molecular flexibility index (Phi) is 3.76. The highest BCUT2D eigenvalue weighted by Gasteiger charge is 2.50. The maximum atomic E-state index is 6.48. The Bertz CT molecular complexity index is 343. The Morgan fingerprint density at radius 2 is 1.47 bits per heavy atom. The minimum absolute atomic E-state index is 0.0662. The summed E-state index contributed by atoms with van der Waals surface area (Å²) in [7, 11) is -2.94. The topological polar surface area (TPSA) is 9.23 Å². The van der Waals surface area contributed by atoms with E-state index in [0.29, 0.717) is 0 Å². The van der Waals surface area contributed by atoms with Gasteiger partial charge in [0.05, 0.1) is 0 Å². The molecule has 0 aromatic carbocycles. The van der Waals surface area contributed by atoms with Crippen molar-refractivity contribution in [3.05, 3.63) is 0 Å². The minimum Gasteiger partial charge on any atom is -0.401 e. The van der Waals surface area contributed by atoms with Crippen LogP contribution in [0.1, 0.15) is 33.6 Å². The zero-order valence-corrected chi connectivity index (χ0v) is 14.8. The van der Waals surface area contributed by atoms with Gasteiger partial charge in [-0.1, -0.05) is 46.3 Å². The monoisotopic (exact) mass is 268 g/mol. The first kappa shape index (κ1) is 15.0. The molecule has 0 aromatic heterocycles. The van der Waals surface area contributed by atoms with Gasteiger partial charge in [-0.3, -0.25) is 0 Å². The molecule has 0 spiro atoms. The molecule has 0 N–H and O–H groups in total. The van der Waals surface area contributed by atoms with Crippen LogP contribution in [0.2, 0.25) is 37.8 Å². The van der Waals surface area contributed by atoms with Crippen molar-refractivity contribution in [1.29, 1.82) is 0 Å². The molecular formula is C14H28OSi2. The van der Waals surface area contributed by atoms with Gasteiger partial charge in [0.15, 0.2) is 8.32 Å². The van der Waals surface area contributed by atoms with Crippen molar-refractivity contribution in [3.8, 4) is 11.5 Å². The van der Waals surface area contributed by atoms with E-state index in [2.05, 4.69) is 65.0 Å². The van der Waals surface area contributed by atoms with Crippen molar-refractivity contribution in [3.63, 3.8) is 0 Å². The highest BCUT2D eigenvalue weighted by Crippen LogP contribution is 2.47. The van der Waals surface area contributed by atoms with E-state index in [-0.39, 0.29) is 10.6 Å². The molecule has 98 valence electrons. The first-order valence-corrected chi connectivity index (χ1v) is 13.0. The van der Waals surface area contributed by atoms with Crippen LogP contribution in [-0.4, -0.2) is 22.0 Å². The molecular weight excluding hydrogens is 240 g/mol. The third kappa shape index (κ3) is 4.28. The average Bonchev–Trinajstić information content (AvgIpc) is 2.78. The molecule has 0 aliphatic heterocycles. The van der Waals surface area contributed by atoms with Crippen LogP contribution in [0.25, 0.3) is 0 Å². The summed E-state index contributed by atoms with van der Waals surface area (Å²) in [4.78, 5) is 0. The summed E-state index contributed by atoms with van der Waals surface area (Å²) >= 11 is 0. The van der Waals surface area contributed by atoms with Gasteiger partial charge < -0.3 is 4.43 Å². The van der Waals surface area contributed by atoms with Crippen molar-refractivity contribution in [2.75, 3.05) is 0 Å². The summed E-state index contributed by atoms with van der Waals surface area (Å²) in [5.74, 6) is 3.46. The molecule has 0 saturated heterocycles. The van der Waals surface area contributed by atoms with Gasteiger partial charge in [-0.05, 0) is 31.0 Å². The molecule has 0 amide bonds. The normalized spacial score (nSPS) is 19.5. The van der Waals surface area contributed by atoms with Gasteiger partial charge in [0.2, 0.25) is 0 Å². The lowest BCUT2D eigenvalue weighted by atomic mass is 10.2. The Morgan fingerprint density at radius 3 is 1.76 bits per heavy atom. The molecule has 1 rings (SSSR count). The number of rotatable bonds is 2. The Labute approximate surface area is 109 Å². The van der Waals surface area contributed by atoms with Crippen molar-refractivity contribution >= 4 is 16.4 Å². The van der Waals surface area contributed by atoms with E-state index in [1.165, 1.54) is 0 Å². The van der Waals surface area contributed by atoms with Crippen molar-refractivity contribution < 1.29 is 4.43 Å². The van der Waals surface area contributed by atoms with Gasteiger partial charge in [0.25, 0.3) is 0 Å². The molecule has 1 aliphatic rings. The highest BCUT2D eigenvalue weighted by molar-refractivity contribution is 6.83. The van der Waals surface area contributed by atoms with Gasteiger partial charge in [0, 0.05) is 0 Å². The van der Waals surface area contributed by atoms with Gasteiger partial charge in [-0.25, -0.2) is 0 Å². The Hall–Kier alpha value is -0.0462. The molecule has 0 bridgehead atoms. The summed E-state index contributed by atoms with van der Waals surface area (Å²) in [5, 5.41) is 0.281. The van der Waals surface area contributed by atoms with Gasteiger partial charge in [0.1, 0.15) is 13.7 Å². The van der Waals surface area contributed by atoms with Gasteiger partial charge >= 0.3 is 0 Å². The van der Waals surface area contributed by atoms with Crippen molar-refractivity contribution in [1.82, 2.24) is 0 Å². The smallest absolute Gasteiger partial charge is 0.194 e. The number of hydrogen-bond acceptors (Lipinski definition) is 1. The molecule has 0 atom stereocenters. The number of hydrogen-bond donors (Lipinski definition) is 0. The van der Waals surface area contributed by atoms with Crippen LogP contribution in [0, 0.1) is 11.5 Å². The van der Waals surface area contributed by atoms with Crippen LogP contribution in [0.3, 0.4) is 0 Å². The molecule has 1 saturated carbocycles. The molecule has 0 unspecified atom stereocenters. The predicted octanol–water partition coefficient (Wildman–Crippen LogP) is 4.42. The second-order valence-corrected chi connectivity index (χ2v) is 17.3. The summed E-state index contributed by atoms with van der Waals surface area (Å²) in [6.07, 6.45) is 2.27. The SMILES string of the molecule is CC(C)(C)[Si](C)(C)OC1(C#C[Si](C)(C)C)CC1. The lowest BCUT2D eigenvalue weighted by Gasteiger charge is -2.38. The molecule has 1 nitrogen and oxygen atoms in total. The summed E-state index contributed by atoms with van der Waals surface area (Å²) < 4.78 is 6.48. The molecule has 0 radical (unpaired) electrons. The quantitative estimate of drug-likeness (QED) is 0.532. The van der Waals surface area contributed by atoms with E-state index < -0.39 is 16.4 Å². The summed E-state index contributed by atoms with van der Waals surface area (Å²) in [6, 6.07) is 0. The van der Waals surface area contributed by atoms with Crippen LogP contribution in [-0.2, 0) is 4.43 Å². The van der Waals surface area contributed by atoms with Crippen molar-refractivity contribution in [2.45, 2.75) is 77.0 Å². The zero-order valence-electron chi connectivity index (χ0n) is 12.8. The second kappa shape index (κ2) is 4.26. The second-order valence-electron chi connectivity index (χ2n) is 7.86. The van der Waals surface area contributed by atoms with Crippen molar-refractivity contribution in [2.24, 2.45) is 0 Å². The molecule has 0 aromatic rings. The van der Waals surface area contributed by atoms with Gasteiger partial charge in [-0.15, -0.1) is 5.54 Å². The van der Waals surface area contributed by atoms with Crippen LogP contribution in [0.4, 0.5) is 0 Å². The van der Waals surface area contributed by atoms with Crippen LogP contribution >= 0.6 is 0 Å². The fourth-order valence-electron chi connectivity index (χ4n) is 1.31. The Morgan fingerprint density at radius 1 is 1.00 bits per heavy atom. The molecule has 1 fully saturated rings. The van der Waals surface area contributed by atoms with Crippen LogP contribution in [0.5, 0.6) is 0 Å². The maximum Gasteiger partial charge on any atom is 0.194 e. The zero-order chi connectivity index (χ0) is 13.5. The van der Waals surface area contributed by atoms with E-state index in [0.717, 1.165) is 12.8 Å². The van der Waals surface area contributed by atoms with E-state index in [1.54, 1.807) is 0 Å². The summed E-state index contributed by atoms with van der Waals surface area (Å²) in [5.41, 5.74) is 3.42. The average molecular weight is 269 g/mol. The third-order valence-electron chi connectivity index (χ3n) is 3.63. The molecule has 3 heteroatoms. The predicted molar refractivity (Wildman–Crippen MR) is 81.4 cm³/mol. The van der Waals surface area contributed by atoms with Crippen LogP contribution in [0.15, 0.2) is 0 Å². The largest absolute Gasteiger partial charge is 0.401 e. The maximum absolute atomic E-state index is 6.48. The lowest BCUT2D eigenvalue weighted by molar-refractivity contribution is 0.215. The van der Waals surface area contributed by atoms with E-state index >= 15 is 0 Å². The van der Waals surface area contributed by atoms with Gasteiger partial charge in [-0.2, -0.15) is 0 Å². The first-order valence-electron chi connectivity index (χ1n) is 6.62. The minimum atomic E-state index is -1.66. The fourth-order valence-corrected chi connectivity index (χ4v) is 3.45. The van der Waals surface area contributed by atoms with E-state index in [4.69, 9.17) is 4.43 Å². The van der Waals surface area contributed by atoms with E-state index in [1.807, 2.05) is 0 Å². The third-order valence-corrected chi connectivity index (χ3v) is 9.01.